The van der Waals surface area contributed by atoms with Crippen LogP contribution in [0.2, 0.25) is 0 Å². The number of carbonyl (C=O) groups excluding carboxylic acids is 3. The number of nitrogens with zero attached hydrogens (tertiary/aromatic N) is 1. The minimum atomic E-state index is -0.574. The molecule has 1 aromatic heterocycles. The first kappa shape index (κ1) is 14.6. The average molecular weight is 265 g/mol. The van der Waals surface area contributed by atoms with Crippen LogP contribution in [0.3, 0.4) is 0 Å². The van der Waals surface area contributed by atoms with Crippen LogP contribution < -0.4 is 20.9 Å². The molecular formula is C12H17N4O3+. The molecule has 0 fully saturated rings. The molecule has 0 spiro atoms. The molecular weight excluding hydrogens is 248 g/mol. The molecule has 0 atom stereocenters. The van der Waals surface area contributed by atoms with Gasteiger partial charge in [-0.1, -0.05) is 6.92 Å². The number of amides is 4. The lowest BCUT2D eigenvalue weighted by Gasteiger charge is -2.03. The predicted octanol–water partition coefficient (Wildman–Crippen LogP) is -0.691. The number of aromatic nitrogens is 1. The maximum atomic E-state index is 11.6. The van der Waals surface area contributed by atoms with Crippen LogP contribution >= 0.6 is 0 Å². The van der Waals surface area contributed by atoms with E-state index in [4.69, 9.17) is 5.73 Å². The van der Waals surface area contributed by atoms with Crippen molar-refractivity contribution in [3.8, 4) is 0 Å². The van der Waals surface area contributed by atoms with Crippen LogP contribution in [-0.4, -0.2) is 24.4 Å². The van der Waals surface area contributed by atoms with E-state index < -0.39 is 17.8 Å². The minimum Gasteiger partial charge on any atom is -0.365 e. The summed E-state index contributed by atoms with van der Waals surface area (Å²) in [4.78, 5) is 33.8. The summed E-state index contributed by atoms with van der Waals surface area (Å²) >= 11 is 0. The zero-order valence-electron chi connectivity index (χ0n) is 10.7. The molecule has 102 valence electrons. The highest BCUT2D eigenvalue weighted by Gasteiger charge is 2.14. The largest absolute Gasteiger partial charge is 0.365 e. The Hall–Kier alpha value is -2.44. The van der Waals surface area contributed by atoms with E-state index in [1.54, 1.807) is 18.3 Å². The van der Waals surface area contributed by atoms with Gasteiger partial charge in [0.25, 0.3) is 11.8 Å². The zero-order valence-corrected chi connectivity index (χ0v) is 10.7. The van der Waals surface area contributed by atoms with Crippen molar-refractivity contribution < 1.29 is 19.0 Å². The molecule has 0 aromatic carbocycles. The number of urea groups is 1. The highest BCUT2D eigenvalue weighted by molar-refractivity contribution is 5.93. The Morgan fingerprint density at radius 2 is 2.11 bits per heavy atom. The summed E-state index contributed by atoms with van der Waals surface area (Å²) in [6.45, 7) is 2.34. The molecule has 0 aliphatic heterocycles. The summed E-state index contributed by atoms with van der Waals surface area (Å²) in [6, 6.07) is 2.62. The highest BCUT2D eigenvalue weighted by atomic mass is 16.2. The van der Waals surface area contributed by atoms with Crippen LogP contribution in [-0.2, 0) is 11.3 Å². The monoisotopic (exact) mass is 265 g/mol. The Balaban J connectivity index is 2.55. The van der Waals surface area contributed by atoms with Gasteiger partial charge in [0.1, 0.15) is 5.56 Å². The molecule has 0 saturated heterocycles. The lowest BCUT2D eigenvalue weighted by Crippen LogP contribution is -2.47. The second kappa shape index (κ2) is 7.10. The summed E-state index contributed by atoms with van der Waals surface area (Å²) < 4.78 is 1.47. The molecule has 0 aliphatic rings. The lowest BCUT2D eigenvalue weighted by molar-refractivity contribution is -0.684. The molecule has 7 heteroatoms. The summed E-state index contributed by atoms with van der Waals surface area (Å²) in [7, 11) is 0. The standard InChI is InChI=1S/C12H16N4O3/c1-2-5-14-12(19)15-10(17)8-16-6-3-4-9(7-16)11(13)18/h3-4,6-7H,2,5,8H2,1H3,(H3-,13,14,15,17,18,19)/p+1. The van der Waals surface area contributed by atoms with Crippen LogP contribution in [0.25, 0.3) is 0 Å². The second-order valence-corrected chi connectivity index (χ2v) is 3.93. The Morgan fingerprint density at radius 3 is 2.74 bits per heavy atom. The normalized spacial score (nSPS) is 9.74. The number of primary amides is 1. The SMILES string of the molecule is CCCNC(=O)NC(=O)C[n+]1cccc(C(N)=O)c1. The van der Waals surface area contributed by atoms with Crippen LogP contribution in [0, 0.1) is 0 Å². The predicted molar refractivity (Wildman–Crippen MR) is 67.0 cm³/mol. The molecule has 0 aliphatic carbocycles. The molecule has 7 nitrogen and oxygen atoms in total. The number of hydrogen-bond donors (Lipinski definition) is 3. The molecule has 4 amide bonds. The fraction of sp³-hybridized carbons (Fsp3) is 0.333. The summed E-state index contributed by atoms with van der Waals surface area (Å²) in [5.41, 5.74) is 5.43. The average Bonchev–Trinajstić information content (AvgIpc) is 2.36. The van der Waals surface area contributed by atoms with E-state index in [0.717, 1.165) is 6.42 Å². The van der Waals surface area contributed by atoms with Gasteiger partial charge in [-0.3, -0.25) is 14.9 Å². The maximum Gasteiger partial charge on any atom is 0.321 e. The van der Waals surface area contributed by atoms with E-state index in [1.807, 2.05) is 6.92 Å². The number of rotatable bonds is 5. The number of nitrogens with one attached hydrogen (secondary N) is 2. The minimum absolute atomic E-state index is 0.0688. The number of hydrogen-bond acceptors (Lipinski definition) is 3. The quantitative estimate of drug-likeness (QED) is 0.613. The third-order valence-electron chi connectivity index (χ3n) is 2.26. The first-order valence-corrected chi connectivity index (χ1v) is 5.89. The van der Waals surface area contributed by atoms with Gasteiger partial charge < -0.3 is 11.1 Å². The van der Waals surface area contributed by atoms with Crippen LogP contribution in [0.5, 0.6) is 0 Å². The van der Waals surface area contributed by atoms with E-state index in [1.165, 1.54) is 10.8 Å². The Labute approximate surface area is 110 Å². The number of nitrogens with two attached hydrogens (primary N) is 1. The smallest absolute Gasteiger partial charge is 0.321 e. The van der Waals surface area contributed by atoms with Crippen molar-refractivity contribution in [2.75, 3.05) is 6.54 Å². The molecule has 1 rings (SSSR count). The fourth-order valence-corrected chi connectivity index (χ4v) is 1.38. The molecule has 0 saturated carbocycles. The second-order valence-electron chi connectivity index (χ2n) is 3.93. The fourth-order valence-electron chi connectivity index (χ4n) is 1.38. The van der Waals surface area contributed by atoms with Crippen molar-refractivity contribution in [3.05, 3.63) is 30.1 Å². The van der Waals surface area contributed by atoms with Crippen molar-refractivity contribution in [3.63, 3.8) is 0 Å². The van der Waals surface area contributed by atoms with Crippen molar-refractivity contribution >= 4 is 17.8 Å². The molecule has 4 N–H and O–H groups in total. The molecule has 1 aromatic rings. The Bertz CT molecular complexity index is 488. The molecule has 0 bridgehead atoms. The number of carbonyl (C=O) groups is 3. The Kier molecular flexibility index (Phi) is 5.46. The van der Waals surface area contributed by atoms with Gasteiger partial charge in [0.15, 0.2) is 12.4 Å². The van der Waals surface area contributed by atoms with Gasteiger partial charge in [-0.15, -0.1) is 0 Å². The van der Waals surface area contributed by atoms with Crippen LogP contribution in [0.15, 0.2) is 24.5 Å². The van der Waals surface area contributed by atoms with Crippen molar-refractivity contribution in [2.24, 2.45) is 5.73 Å². The van der Waals surface area contributed by atoms with E-state index >= 15 is 0 Å². The summed E-state index contributed by atoms with van der Waals surface area (Å²) in [5, 5.41) is 4.71. The lowest BCUT2D eigenvalue weighted by atomic mass is 10.3. The summed E-state index contributed by atoms with van der Waals surface area (Å²) in [6.07, 6.45) is 3.85. The van der Waals surface area contributed by atoms with Gasteiger partial charge in [-0.05, 0) is 12.5 Å². The number of imide groups is 1. The third-order valence-corrected chi connectivity index (χ3v) is 2.26. The van der Waals surface area contributed by atoms with Crippen molar-refractivity contribution in [1.82, 2.24) is 10.6 Å². The van der Waals surface area contributed by atoms with Gasteiger partial charge in [0.2, 0.25) is 6.54 Å². The molecule has 0 unspecified atom stereocenters. The third kappa shape index (κ3) is 5.15. The van der Waals surface area contributed by atoms with Gasteiger partial charge in [-0.25, -0.2) is 4.79 Å². The first-order chi connectivity index (χ1) is 9.02. The Morgan fingerprint density at radius 1 is 1.37 bits per heavy atom. The van der Waals surface area contributed by atoms with E-state index in [-0.39, 0.29) is 6.54 Å². The van der Waals surface area contributed by atoms with Crippen molar-refractivity contribution in [1.29, 1.82) is 0 Å². The van der Waals surface area contributed by atoms with Gasteiger partial charge >= 0.3 is 6.03 Å². The first-order valence-electron chi connectivity index (χ1n) is 5.89. The van der Waals surface area contributed by atoms with E-state index in [0.29, 0.717) is 12.1 Å². The molecule has 0 radical (unpaired) electrons. The maximum absolute atomic E-state index is 11.6. The van der Waals surface area contributed by atoms with E-state index in [2.05, 4.69) is 10.6 Å². The van der Waals surface area contributed by atoms with Crippen LogP contribution in [0.1, 0.15) is 23.7 Å². The summed E-state index contributed by atoms with van der Waals surface area (Å²) in [5.74, 6) is -1.05. The van der Waals surface area contributed by atoms with Crippen LogP contribution in [0.4, 0.5) is 4.79 Å². The van der Waals surface area contributed by atoms with E-state index in [9.17, 15) is 14.4 Å². The molecule has 19 heavy (non-hydrogen) atoms. The zero-order chi connectivity index (χ0) is 14.3. The van der Waals surface area contributed by atoms with Gasteiger partial charge in [0, 0.05) is 12.6 Å². The van der Waals surface area contributed by atoms with Crippen molar-refractivity contribution in [2.45, 2.75) is 19.9 Å². The molecule has 1 heterocycles. The van der Waals surface area contributed by atoms with Gasteiger partial charge in [0.05, 0.1) is 0 Å². The van der Waals surface area contributed by atoms with Gasteiger partial charge in [-0.2, -0.15) is 4.57 Å². The topological polar surface area (TPSA) is 105 Å². The highest BCUT2D eigenvalue weighted by Crippen LogP contribution is 1.91. The number of pyridine rings is 1.